The minimum atomic E-state index is -3.72. The van der Waals surface area contributed by atoms with Crippen LogP contribution in [0.3, 0.4) is 0 Å². The number of benzene rings is 1. The van der Waals surface area contributed by atoms with Crippen molar-refractivity contribution in [1.82, 2.24) is 19.5 Å². The molecular weight excluding hydrogens is 466 g/mol. The van der Waals surface area contributed by atoms with Crippen LogP contribution >= 0.6 is 11.8 Å². The molecule has 1 amide bonds. The van der Waals surface area contributed by atoms with Crippen LogP contribution in [0.1, 0.15) is 19.8 Å². The molecule has 1 N–H and O–H groups in total. The average Bonchev–Trinajstić information content (AvgIpc) is 3.52. The highest BCUT2D eigenvalue weighted by molar-refractivity contribution is 7.99. The molecule has 2 aromatic heterocycles. The second-order valence-electron chi connectivity index (χ2n) is 7.16. The van der Waals surface area contributed by atoms with Gasteiger partial charge in [-0.2, -0.15) is 4.31 Å². The summed E-state index contributed by atoms with van der Waals surface area (Å²) in [4.78, 5) is 16.5. The van der Waals surface area contributed by atoms with E-state index < -0.39 is 10.0 Å². The van der Waals surface area contributed by atoms with Crippen molar-refractivity contribution in [1.29, 1.82) is 0 Å². The topological polar surface area (TPSA) is 128 Å². The number of aromatic nitrogens is 3. The molecule has 33 heavy (non-hydrogen) atoms. The molecule has 1 aromatic carbocycles. The van der Waals surface area contributed by atoms with Crippen molar-refractivity contribution < 1.29 is 22.4 Å². The zero-order valence-electron chi connectivity index (χ0n) is 17.9. The van der Waals surface area contributed by atoms with Crippen LogP contribution in [-0.2, 0) is 14.8 Å². The summed E-state index contributed by atoms with van der Waals surface area (Å²) in [5.41, 5.74) is 1.05. The third-order valence-corrected chi connectivity index (χ3v) is 7.59. The number of carbonyl (C=O) groups is 1. The number of nitrogens with one attached hydrogen (secondary N) is 1. The van der Waals surface area contributed by atoms with Gasteiger partial charge in [0.2, 0.25) is 21.8 Å². The molecule has 3 aromatic rings. The number of pyridine rings is 1. The van der Waals surface area contributed by atoms with Crippen molar-refractivity contribution in [3.63, 3.8) is 0 Å². The molecule has 1 fully saturated rings. The van der Waals surface area contributed by atoms with Crippen molar-refractivity contribution in [2.24, 2.45) is 0 Å². The predicted molar refractivity (Wildman–Crippen MR) is 122 cm³/mol. The molecule has 1 saturated heterocycles. The quantitative estimate of drug-likeness (QED) is 0.451. The van der Waals surface area contributed by atoms with E-state index in [0.29, 0.717) is 36.8 Å². The zero-order valence-corrected chi connectivity index (χ0v) is 19.6. The van der Waals surface area contributed by atoms with Crippen LogP contribution in [0.4, 0.5) is 5.69 Å². The Morgan fingerprint density at radius 2 is 2.06 bits per heavy atom. The van der Waals surface area contributed by atoms with E-state index >= 15 is 0 Å². The number of carbonyl (C=O) groups excluding carboxylic acids is 1. The highest BCUT2D eigenvalue weighted by Crippen LogP contribution is 2.32. The van der Waals surface area contributed by atoms with Gasteiger partial charge in [0.15, 0.2) is 0 Å². The number of sulfonamides is 1. The second kappa shape index (κ2) is 10.3. The highest BCUT2D eigenvalue weighted by Gasteiger charge is 2.30. The Morgan fingerprint density at radius 3 is 2.79 bits per heavy atom. The van der Waals surface area contributed by atoms with E-state index in [9.17, 15) is 13.2 Å². The van der Waals surface area contributed by atoms with Crippen LogP contribution in [0.5, 0.6) is 5.75 Å². The van der Waals surface area contributed by atoms with Gasteiger partial charge in [0.05, 0.1) is 17.9 Å². The van der Waals surface area contributed by atoms with E-state index in [-0.39, 0.29) is 27.5 Å². The number of ether oxygens (including phenoxy) is 1. The van der Waals surface area contributed by atoms with Gasteiger partial charge in [-0.1, -0.05) is 11.8 Å². The molecule has 0 unspecified atom stereocenters. The summed E-state index contributed by atoms with van der Waals surface area (Å²) in [5, 5.41) is 10.9. The van der Waals surface area contributed by atoms with Crippen molar-refractivity contribution in [3.05, 3.63) is 42.7 Å². The molecule has 0 atom stereocenters. The highest BCUT2D eigenvalue weighted by atomic mass is 32.2. The smallest absolute Gasteiger partial charge is 0.277 e. The summed E-state index contributed by atoms with van der Waals surface area (Å²) in [6, 6.07) is 8.17. The fourth-order valence-corrected chi connectivity index (χ4v) is 5.57. The van der Waals surface area contributed by atoms with Gasteiger partial charge in [0, 0.05) is 31.2 Å². The molecule has 0 saturated carbocycles. The molecule has 12 heteroatoms. The Labute approximate surface area is 195 Å². The SMILES string of the molecule is CCOc1ccc(NC(=O)CSc2nnc(-c3cccnc3)o2)cc1S(=O)(=O)N1CCCC1. The predicted octanol–water partition coefficient (Wildman–Crippen LogP) is 3.05. The van der Waals surface area contributed by atoms with Gasteiger partial charge in [0.25, 0.3) is 5.22 Å². The van der Waals surface area contributed by atoms with E-state index in [4.69, 9.17) is 9.15 Å². The average molecular weight is 490 g/mol. The third kappa shape index (κ3) is 5.52. The Balaban J connectivity index is 1.43. The van der Waals surface area contributed by atoms with Crippen LogP contribution in [0, 0.1) is 0 Å². The molecule has 1 aliphatic heterocycles. The molecule has 0 bridgehead atoms. The minimum Gasteiger partial charge on any atom is -0.492 e. The van der Waals surface area contributed by atoms with Gasteiger partial charge in [-0.05, 0) is 50.1 Å². The fraction of sp³-hybridized carbons (Fsp3) is 0.333. The first kappa shape index (κ1) is 23.2. The summed E-state index contributed by atoms with van der Waals surface area (Å²) in [7, 11) is -3.72. The lowest BCUT2D eigenvalue weighted by Gasteiger charge is -2.19. The lowest BCUT2D eigenvalue weighted by atomic mass is 10.3. The summed E-state index contributed by atoms with van der Waals surface area (Å²) >= 11 is 1.08. The van der Waals surface area contributed by atoms with Crippen molar-refractivity contribution >= 4 is 33.4 Å². The van der Waals surface area contributed by atoms with Gasteiger partial charge in [-0.15, -0.1) is 10.2 Å². The molecule has 0 spiro atoms. The van der Waals surface area contributed by atoms with Crippen molar-refractivity contribution in [2.75, 3.05) is 30.8 Å². The summed E-state index contributed by atoms with van der Waals surface area (Å²) in [6.45, 7) is 3.07. The van der Waals surface area contributed by atoms with Crippen LogP contribution in [0.25, 0.3) is 11.5 Å². The van der Waals surface area contributed by atoms with Gasteiger partial charge >= 0.3 is 0 Å². The van der Waals surface area contributed by atoms with E-state index in [0.717, 1.165) is 24.6 Å². The Morgan fingerprint density at radius 1 is 1.24 bits per heavy atom. The van der Waals surface area contributed by atoms with Crippen LogP contribution in [0.15, 0.2) is 57.3 Å². The molecule has 0 aliphatic carbocycles. The first-order valence-corrected chi connectivity index (χ1v) is 12.8. The first-order chi connectivity index (χ1) is 16.0. The van der Waals surface area contributed by atoms with E-state index in [1.165, 1.54) is 10.4 Å². The lowest BCUT2D eigenvalue weighted by Crippen LogP contribution is -2.28. The van der Waals surface area contributed by atoms with Gasteiger partial charge < -0.3 is 14.5 Å². The number of rotatable bonds is 9. The van der Waals surface area contributed by atoms with E-state index in [1.807, 2.05) is 0 Å². The van der Waals surface area contributed by atoms with Gasteiger partial charge in [0.1, 0.15) is 10.6 Å². The molecule has 174 valence electrons. The lowest BCUT2D eigenvalue weighted by molar-refractivity contribution is -0.113. The van der Waals surface area contributed by atoms with Crippen LogP contribution in [0.2, 0.25) is 0 Å². The fourth-order valence-electron chi connectivity index (χ4n) is 3.33. The Bertz CT molecular complexity index is 1210. The van der Waals surface area contributed by atoms with Crippen LogP contribution < -0.4 is 10.1 Å². The number of nitrogens with zero attached hydrogens (tertiary/aromatic N) is 4. The molecule has 3 heterocycles. The van der Waals surface area contributed by atoms with Gasteiger partial charge in [-0.25, -0.2) is 8.42 Å². The largest absolute Gasteiger partial charge is 0.492 e. The first-order valence-electron chi connectivity index (χ1n) is 10.4. The second-order valence-corrected chi connectivity index (χ2v) is 9.99. The molecule has 10 nitrogen and oxygen atoms in total. The number of thioether (sulfide) groups is 1. The minimum absolute atomic E-state index is 0.0100. The third-order valence-electron chi connectivity index (χ3n) is 4.85. The molecule has 0 radical (unpaired) electrons. The Hall–Kier alpha value is -2.96. The monoisotopic (exact) mass is 489 g/mol. The number of hydrogen-bond donors (Lipinski definition) is 1. The maximum Gasteiger partial charge on any atom is 0.277 e. The van der Waals surface area contributed by atoms with E-state index in [2.05, 4.69) is 20.5 Å². The number of amides is 1. The summed E-state index contributed by atoms with van der Waals surface area (Å²) in [6.07, 6.45) is 4.90. The van der Waals surface area contributed by atoms with E-state index in [1.54, 1.807) is 43.6 Å². The van der Waals surface area contributed by atoms with Crippen LogP contribution in [-0.4, -0.2) is 59.3 Å². The number of hydrogen-bond acceptors (Lipinski definition) is 9. The normalized spacial score (nSPS) is 14.3. The molecular formula is C21H23N5O5S2. The summed E-state index contributed by atoms with van der Waals surface area (Å²) < 4.78 is 38.7. The van der Waals surface area contributed by atoms with Crippen molar-refractivity contribution in [2.45, 2.75) is 29.9 Å². The Kier molecular flexibility index (Phi) is 7.26. The molecule has 1 aliphatic rings. The number of anilines is 1. The molecule has 4 rings (SSSR count). The summed E-state index contributed by atoms with van der Waals surface area (Å²) in [5.74, 6) is 0.255. The standard InChI is InChI=1S/C21H23N5O5S2/c1-2-30-17-8-7-16(12-18(17)33(28,29)26-10-3-4-11-26)23-19(27)14-32-21-25-24-20(31-21)15-6-5-9-22-13-15/h5-9,12-13H,2-4,10-11,14H2,1H3,(H,23,27). The zero-order chi connectivity index (χ0) is 23.3. The maximum atomic E-state index is 13.1. The van der Waals surface area contributed by atoms with Gasteiger partial charge in [-0.3, -0.25) is 9.78 Å². The maximum absolute atomic E-state index is 13.1. The van der Waals surface area contributed by atoms with Crippen molar-refractivity contribution in [3.8, 4) is 17.2 Å².